The lowest BCUT2D eigenvalue weighted by Crippen LogP contribution is -2.20. The van der Waals surface area contributed by atoms with E-state index >= 15 is 0 Å². The van der Waals surface area contributed by atoms with Crippen LogP contribution in [0.4, 0.5) is 0 Å². The summed E-state index contributed by atoms with van der Waals surface area (Å²) in [6, 6.07) is 27.8. The Bertz CT molecular complexity index is 1170. The minimum atomic E-state index is 0.0295. The number of nitrogens with zero attached hydrogens (tertiary/aromatic N) is 2. The minimum absolute atomic E-state index is 0.0295. The number of hydrogen-bond donors (Lipinski definition) is 0. The Hall–Kier alpha value is -2.82. The second kappa shape index (κ2) is 7.54. The van der Waals surface area contributed by atoms with Crippen molar-refractivity contribution < 1.29 is 4.79 Å². The molecule has 5 heteroatoms. The fraction of sp³-hybridized carbons (Fsp3) is 0.0833. The first kappa shape index (κ1) is 18.2. The van der Waals surface area contributed by atoms with Crippen molar-refractivity contribution in [3.8, 4) is 22.5 Å². The van der Waals surface area contributed by atoms with Crippen LogP contribution >= 0.6 is 23.4 Å². The molecule has 2 heterocycles. The molecule has 1 aliphatic heterocycles. The summed E-state index contributed by atoms with van der Waals surface area (Å²) >= 11 is 7.66. The lowest BCUT2D eigenvalue weighted by molar-refractivity contribution is 0.0888. The Labute approximate surface area is 178 Å². The van der Waals surface area contributed by atoms with Gasteiger partial charge in [-0.1, -0.05) is 96.2 Å². The number of carbonyl (C=O) groups is 1. The predicted octanol–water partition coefficient (Wildman–Crippen LogP) is 6.75. The van der Waals surface area contributed by atoms with Gasteiger partial charge in [-0.05, 0) is 17.7 Å². The van der Waals surface area contributed by atoms with Crippen LogP contribution in [-0.4, -0.2) is 15.5 Å². The molecule has 4 aromatic rings. The maximum Gasteiger partial charge on any atom is 0.234 e. The maximum atomic E-state index is 13.3. The highest BCUT2D eigenvalue weighted by Gasteiger charge is 2.32. The van der Waals surface area contributed by atoms with Crippen molar-refractivity contribution in [3.63, 3.8) is 0 Å². The fourth-order valence-corrected chi connectivity index (χ4v) is 4.99. The summed E-state index contributed by atoms with van der Waals surface area (Å²) in [5.74, 6) is 0.0623. The van der Waals surface area contributed by atoms with Crippen LogP contribution in [0.2, 0.25) is 5.02 Å². The molecule has 0 fully saturated rings. The summed E-state index contributed by atoms with van der Waals surface area (Å²) in [5.41, 5.74) is 4.78. The Kier molecular flexibility index (Phi) is 4.74. The van der Waals surface area contributed by atoms with Crippen molar-refractivity contribution in [1.82, 2.24) is 9.55 Å². The van der Waals surface area contributed by atoms with Crippen molar-refractivity contribution >= 4 is 29.3 Å². The first-order valence-electron chi connectivity index (χ1n) is 9.39. The molecule has 3 aromatic carbocycles. The van der Waals surface area contributed by atoms with Gasteiger partial charge in [0.25, 0.3) is 0 Å². The van der Waals surface area contributed by atoms with Gasteiger partial charge in [0.15, 0.2) is 5.16 Å². The highest BCUT2D eigenvalue weighted by molar-refractivity contribution is 7.99. The molecule has 142 valence electrons. The van der Waals surface area contributed by atoms with Crippen molar-refractivity contribution in [2.24, 2.45) is 0 Å². The van der Waals surface area contributed by atoms with E-state index in [0.717, 1.165) is 33.2 Å². The van der Waals surface area contributed by atoms with Gasteiger partial charge in [-0.15, -0.1) is 0 Å². The van der Waals surface area contributed by atoms with E-state index in [-0.39, 0.29) is 11.2 Å². The zero-order valence-corrected chi connectivity index (χ0v) is 17.0. The van der Waals surface area contributed by atoms with Crippen LogP contribution in [0.15, 0.2) is 90.1 Å². The average molecular weight is 417 g/mol. The van der Waals surface area contributed by atoms with Gasteiger partial charge in [-0.3, -0.25) is 9.36 Å². The zero-order valence-electron chi connectivity index (χ0n) is 15.5. The van der Waals surface area contributed by atoms with Gasteiger partial charge in [0, 0.05) is 27.8 Å². The molecule has 29 heavy (non-hydrogen) atoms. The van der Waals surface area contributed by atoms with Gasteiger partial charge < -0.3 is 0 Å². The van der Waals surface area contributed by atoms with E-state index in [0.29, 0.717) is 11.4 Å². The Morgan fingerprint density at radius 3 is 2.14 bits per heavy atom. The lowest BCUT2D eigenvalue weighted by Gasteiger charge is -2.23. The van der Waals surface area contributed by atoms with Crippen LogP contribution in [0.1, 0.15) is 22.0 Å². The van der Waals surface area contributed by atoms with E-state index < -0.39 is 0 Å². The summed E-state index contributed by atoms with van der Waals surface area (Å²) in [4.78, 5) is 18.2. The van der Waals surface area contributed by atoms with Crippen molar-refractivity contribution in [2.75, 3.05) is 0 Å². The average Bonchev–Trinajstić information content (AvgIpc) is 3.16. The summed E-state index contributed by atoms with van der Waals surface area (Å²) < 4.78 is 1.79. The van der Waals surface area contributed by atoms with Gasteiger partial charge in [0.2, 0.25) is 5.91 Å². The third-order valence-corrected chi connectivity index (χ3v) is 6.50. The molecule has 0 aliphatic carbocycles. The summed E-state index contributed by atoms with van der Waals surface area (Å²) in [6.45, 7) is 0. The van der Waals surface area contributed by atoms with E-state index in [1.54, 1.807) is 16.3 Å². The van der Waals surface area contributed by atoms with E-state index in [1.165, 1.54) is 0 Å². The minimum Gasteiger partial charge on any atom is -0.274 e. The number of aromatic nitrogens is 2. The molecule has 0 N–H and O–H groups in total. The molecule has 3 nitrogen and oxygen atoms in total. The number of carbonyl (C=O) groups excluding carboxylic acids is 1. The monoisotopic (exact) mass is 416 g/mol. The van der Waals surface area contributed by atoms with Crippen molar-refractivity contribution in [1.29, 1.82) is 0 Å². The fourth-order valence-electron chi connectivity index (χ4n) is 3.65. The van der Waals surface area contributed by atoms with E-state index in [9.17, 15) is 4.79 Å². The molecule has 0 spiro atoms. The van der Waals surface area contributed by atoms with Gasteiger partial charge in [0.1, 0.15) is 0 Å². The Morgan fingerprint density at radius 1 is 0.862 bits per heavy atom. The lowest BCUT2D eigenvalue weighted by atomic mass is 10.0. The molecule has 5 rings (SSSR count). The van der Waals surface area contributed by atoms with Crippen LogP contribution < -0.4 is 0 Å². The first-order chi connectivity index (χ1) is 14.2. The smallest absolute Gasteiger partial charge is 0.234 e. The molecular weight excluding hydrogens is 400 g/mol. The normalized spacial score (nSPS) is 15.9. The Balaban J connectivity index is 1.65. The van der Waals surface area contributed by atoms with Gasteiger partial charge >= 0.3 is 0 Å². The maximum absolute atomic E-state index is 13.3. The number of benzene rings is 3. The van der Waals surface area contributed by atoms with Crippen molar-refractivity contribution in [3.05, 3.63) is 95.5 Å². The Morgan fingerprint density at radius 2 is 1.48 bits per heavy atom. The number of imidazole rings is 1. The predicted molar refractivity (Wildman–Crippen MR) is 118 cm³/mol. The number of thioether (sulfide) groups is 1. The highest BCUT2D eigenvalue weighted by atomic mass is 35.5. The molecule has 0 saturated carbocycles. The molecule has 0 radical (unpaired) electrons. The van der Waals surface area contributed by atoms with Crippen LogP contribution in [-0.2, 0) is 0 Å². The van der Waals surface area contributed by atoms with Crippen LogP contribution in [0.5, 0.6) is 0 Å². The van der Waals surface area contributed by atoms with Gasteiger partial charge in [-0.25, -0.2) is 4.98 Å². The van der Waals surface area contributed by atoms with Crippen LogP contribution in [0, 0.1) is 0 Å². The molecule has 1 aromatic heterocycles. The topological polar surface area (TPSA) is 34.9 Å². The largest absolute Gasteiger partial charge is 0.274 e. The quantitative estimate of drug-likeness (QED) is 0.370. The first-order valence-corrected chi connectivity index (χ1v) is 10.7. The van der Waals surface area contributed by atoms with E-state index in [4.69, 9.17) is 16.6 Å². The van der Waals surface area contributed by atoms with Crippen LogP contribution in [0.3, 0.4) is 0 Å². The van der Waals surface area contributed by atoms with Crippen LogP contribution in [0.25, 0.3) is 22.5 Å². The van der Waals surface area contributed by atoms with E-state index in [1.807, 2.05) is 84.9 Å². The second-order valence-electron chi connectivity index (χ2n) is 6.91. The zero-order chi connectivity index (χ0) is 19.8. The number of hydrogen-bond acceptors (Lipinski definition) is 3. The summed E-state index contributed by atoms with van der Waals surface area (Å²) in [5, 5.41) is 1.46. The molecule has 0 amide bonds. The SMILES string of the molecule is O=C1C[C@H](c2ccc(Cl)cc2)Sc2nc(-c3ccccc3)c(-c3ccccc3)n21. The van der Waals surface area contributed by atoms with Gasteiger partial charge in [0.05, 0.1) is 11.4 Å². The summed E-state index contributed by atoms with van der Waals surface area (Å²) in [7, 11) is 0. The highest BCUT2D eigenvalue weighted by Crippen LogP contribution is 2.46. The second-order valence-corrected chi connectivity index (χ2v) is 8.52. The molecular formula is C24H17ClN2OS. The standard InChI is InChI=1S/C24H17ClN2OS/c25-19-13-11-16(12-14-19)20-15-21(28)27-23(18-9-5-2-6-10-18)22(26-24(27)29-20)17-7-3-1-4-8-17/h1-14,20H,15H2/t20-/m1/s1. The molecule has 0 bridgehead atoms. The van der Waals surface area contributed by atoms with Gasteiger partial charge in [-0.2, -0.15) is 0 Å². The van der Waals surface area contributed by atoms with E-state index in [2.05, 4.69) is 0 Å². The number of fused-ring (bicyclic) bond motifs is 1. The third-order valence-electron chi connectivity index (χ3n) is 5.04. The molecule has 0 saturated heterocycles. The number of halogens is 1. The molecule has 1 atom stereocenters. The third kappa shape index (κ3) is 3.39. The number of rotatable bonds is 3. The summed E-state index contributed by atoms with van der Waals surface area (Å²) in [6.07, 6.45) is 0.420. The van der Waals surface area contributed by atoms with Crippen molar-refractivity contribution in [2.45, 2.75) is 16.8 Å². The molecule has 0 unspecified atom stereocenters. The molecule has 1 aliphatic rings.